The Hall–Kier alpha value is -0.790. The zero-order valence-electron chi connectivity index (χ0n) is 7.78. The van der Waals surface area contributed by atoms with E-state index in [1.807, 2.05) is 4.72 Å². The van der Waals surface area contributed by atoms with Gasteiger partial charge in [0.2, 0.25) is 0 Å². The molecule has 0 aliphatic heterocycles. The van der Waals surface area contributed by atoms with Crippen LogP contribution in [0.5, 0.6) is 0 Å². The second-order valence-corrected chi connectivity index (χ2v) is 6.15. The highest BCUT2D eigenvalue weighted by Crippen LogP contribution is 2.25. The Morgan fingerprint density at radius 2 is 2.20 bits per heavy atom. The van der Waals surface area contributed by atoms with Crippen molar-refractivity contribution in [2.45, 2.75) is 11.1 Å². The molecule has 0 radical (unpaired) electrons. The number of halogens is 1. The molecule has 0 unspecified atom stereocenters. The number of carbonyl (C=O) groups excluding carboxylic acids is 1. The number of hydrogen-bond donors (Lipinski definition) is 2. The quantitative estimate of drug-likeness (QED) is 0.870. The van der Waals surface area contributed by atoms with Crippen LogP contribution in [0, 0.1) is 0 Å². The van der Waals surface area contributed by atoms with Gasteiger partial charge in [-0.25, -0.2) is 17.9 Å². The first kappa shape index (κ1) is 12.3. The van der Waals surface area contributed by atoms with Crippen LogP contribution in [0.25, 0.3) is 0 Å². The topological polar surface area (TPSA) is 75.3 Å². The van der Waals surface area contributed by atoms with Crippen molar-refractivity contribution >= 4 is 39.0 Å². The van der Waals surface area contributed by atoms with Crippen molar-refractivity contribution in [3.05, 3.63) is 16.5 Å². The first-order valence-corrected chi connectivity index (χ1v) is 6.69. The fourth-order valence-electron chi connectivity index (χ4n) is 0.811. The molecule has 0 aliphatic rings. The highest BCUT2D eigenvalue weighted by Gasteiger charge is 2.18. The molecule has 8 heteroatoms. The molecule has 5 nitrogen and oxygen atoms in total. The zero-order valence-corrected chi connectivity index (χ0v) is 10.2. The molecule has 2 N–H and O–H groups in total. The van der Waals surface area contributed by atoms with Crippen molar-refractivity contribution in [3.63, 3.8) is 0 Å². The van der Waals surface area contributed by atoms with Gasteiger partial charge in [-0.2, -0.15) is 0 Å². The number of thiophene rings is 1. The maximum absolute atomic E-state index is 11.5. The van der Waals surface area contributed by atoms with Crippen LogP contribution in [0.4, 0.5) is 4.79 Å². The van der Waals surface area contributed by atoms with E-state index in [-0.39, 0.29) is 4.21 Å². The first-order valence-electron chi connectivity index (χ1n) is 4.01. The molecule has 0 saturated carbocycles. The van der Waals surface area contributed by atoms with E-state index in [9.17, 15) is 13.2 Å². The summed E-state index contributed by atoms with van der Waals surface area (Å²) in [5.74, 6) is 0. The number of amides is 2. The molecule has 1 rings (SSSR count). The molecule has 0 atom stereocenters. The second-order valence-electron chi connectivity index (χ2n) is 2.52. The summed E-state index contributed by atoms with van der Waals surface area (Å²) in [6.45, 7) is 2.04. The van der Waals surface area contributed by atoms with Crippen LogP contribution in [0.3, 0.4) is 0 Å². The Balaban J connectivity index is 2.81. The molecule has 2 amide bonds. The predicted octanol–water partition coefficient (Wildman–Crippen LogP) is 1.41. The minimum atomic E-state index is -3.79. The number of urea groups is 1. The lowest BCUT2D eigenvalue weighted by Crippen LogP contribution is -2.38. The summed E-state index contributed by atoms with van der Waals surface area (Å²) in [5.41, 5.74) is 0. The molecule has 0 spiro atoms. The van der Waals surface area contributed by atoms with Crippen LogP contribution in [-0.2, 0) is 10.0 Å². The van der Waals surface area contributed by atoms with E-state index >= 15 is 0 Å². The van der Waals surface area contributed by atoms with Gasteiger partial charge in [0.15, 0.2) is 0 Å². The van der Waals surface area contributed by atoms with Gasteiger partial charge in [0.1, 0.15) is 4.21 Å². The van der Waals surface area contributed by atoms with Crippen molar-refractivity contribution in [1.29, 1.82) is 0 Å². The van der Waals surface area contributed by atoms with E-state index < -0.39 is 16.1 Å². The summed E-state index contributed by atoms with van der Waals surface area (Å²) in [7, 11) is -3.79. The number of sulfonamides is 1. The molecule has 84 valence electrons. The van der Waals surface area contributed by atoms with Crippen LogP contribution in [-0.4, -0.2) is 21.0 Å². The smallest absolute Gasteiger partial charge is 0.328 e. The summed E-state index contributed by atoms with van der Waals surface area (Å²) in [5, 5.41) is 2.32. The Morgan fingerprint density at radius 3 is 2.67 bits per heavy atom. The minimum Gasteiger partial charge on any atom is -0.338 e. The lowest BCUT2D eigenvalue weighted by atomic mass is 10.7. The summed E-state index contributed by atoms with van der Waals surface area (Å²) in [6, 6.07) is 2.05. The lowest BCUT2D eigenvalue weighted by Gasteiger charge is -2.04. The Morgan fingerprint density at radius 1 is 1.53 bits per heavy atom. The SMILES string of the molecule is CCNC(=O)NS(=O)(=O)c1ccc(Cl)s1. The predicted molar refractivity (Wildman–Crippen MR) is 58.7 cm³/mol. The summed E-state index contributed by atoms with van der Waals surface area (Å²) in [6.07, 6.45) is 0. The molecule has 1 aromatic heterocycles. The molecule has 0 aliphatic carbocycles. The van der Waals surface area contributed by atoms with Crippen LogP contribution in [0.1, 0.15) is 6.92 Å². The van der Waals surface area contributed by atoms with Crippen molar-refractivity contribution < 1.29 is 13.2 Å². The highest BCUT2D eigenvalue weighted by atomic mass is 35.5. The third-order valence-corrected chi connectivity index (χ3v) is 4.43. The van der Waals surface area contributed by atoms with E-state index in [1.165, 1.54) is 12.1 Å². The van der Waals surface area contributed by atoms with Gasteiger partial charge in [-0.05, 0) is 19.1 Å². The number of nitrogens with one attached hydrogen (secondary N) is 2. The van der Waals surface area contributed by atoms with Gasteiger partial charge in [0, 0.05) is 6.54 Å². The summed E-state index contributed by atoms with van der Waals surface area (Å²) >= 11 is 6.48. The van der Waals surface area contributed by atoms with Crippen LogP contribution in [0.2, 0.25) is 4.34 Å². The molecule has 1 aromatic rings. The Bertz CT molecular complexity index is 455. The Labute approximate surface area is 96.5 Å². The second kappa shape index (κ2) is 4.82. The monoisotopic (exact) mass is 268 g/mol. The maximum Gasteiger partial charge on any atom is 0.328 e. The van der Waals surface area contributed by atoms with Crippen molar-refractivity contribution in [1.82, 2.24) is 10.0 Å². The van der Waals surface area contributed by atoms with Gasteiger partial charge in [-0.3, -0.25) is 0 Å². The van der Waals surface area contributed by atoms with E-state index in [0.29, 0.717) is 10.9 Å². The molecule has 0 saturated heterocycles. The van der Waals surface area contributed by atoms with Gasteiger partial charge in [0.05, 0.1) is 4.34 Å². The van der Waals surface area contributed by atoms with Crippen LogP contribution >= 0.6 is 22.9 Å². The largest absolute Gasteiger partial charge is 0.338 e. The molecule has 0 bridgehead atoms. The first-order chi connectivity index (χ1) is 6.95. The van der Waals surface area contributed by atoms with Gasteiger partial charge in [0.25, 0.3) is 10.0 Å². The van der Waals surface area contributed by atoms with Crippen molar-refractivity contribution in [3.8, 4) is 0 Å². The highest BCUT2D eigenvalue weighted by molar-refractivity contribution is 7.92. The van der Waals surface area contributed by atoms with Gasteiger partial charge in [-0.15, -0.1) is 11.3 Å². The van der Waals surface area contributed by atoms with Crippen LogP contribution in [0.15, 0.2) is 16.3 Å². The normalized spacial score (nSPS) is 11.1. The Kier molecular flexibility index (Phi) is 3.95. The minimum absolute atomic E-state index is 0.0127. The molecular weight excluding hydrogens is 260 g/mol. The number of hydrogen-bond acceptors (Lipinski definition) is 4. The van der Waals surface area contributed by atoms with E-state index in [0.717, 1.165) is 11.3 Å². The third-order valence-electron chi connectivity index (χ3n) is 1.38. The average Bonchev–Trinajstić information content (AvgIpc) is 2.51. The molecular formula is C7H9ClN2O3S2. The summed E-state index contributed by atoms with van der Waals surface area (Å²) in [4.78, 5) is 11.0. The van der Waals surface area contributed by atoms with E-state index in [2.05, 4.69) is 5.32 Å². The fourth-order valence-corrected chi connectivity index (χ4v) is 3.22. The fraction of sp³-hybridized carbons (Fsp3) is 0.286. The standard InChI is InChI=1S/C7H9ClN2O3S2/c1-2-9-7(11)10-15(12,13)6-4-3-5(8)14-6/h3-4H,2H2,1H3,(H2,9,10,11). The van der Waals surface area contributed by atoms with Crippen molar-refractivity contribution in [2.24, 2.45) is 0 Å². The van der Waals surface area contributed by atoms with E-state index in [4.69, 9.17) is 11.6 Å². The van der Waals surface area contributed by atoms with E-state index in [1.54, 1.807) is 6.92 Å². The van der Waals surface area contributed by atoms with Gasteiger partial charge in [-0.1, -0.05) is 11.6 Å². The van der Waals surface area contributed by atoms with Crippen molar-refractivity contribution in [2.75, 3.05) is 6.54 Å². The number of rotatable bonds is 3. The van der Waals surface area contributed by atoms with Gasteiger partial charge < -0.3 is 5.32 Å². The van der Waals surface area contributed by atoms with Gasteiger partial charge >= 0.3 is 6.03 Å². The number of carbonyl (C=O) groups is 1. The third kappa shape index (κ3) is 3.37. The molecule has 0 fully saturated rings. The molecule has 15 heavy (non-hydrogen) atoms. The summed E-state index contributed by atoms with van der Waals surface area (Å²) < 4.78 is 25.2. The lowest BCUT2D eigenvalue weighted by molar-refractivity contribution is 0.246. The maximum atomic E-state index is 11.5. The zero-order chi connectivity index (χ0) is 11.5. The van der Waals surface area contributed by atoms with Crippen LogP contribution < -0.4 is 10.0 Å². The molecule has 0 aromatic carbocycles. The molecule has 1 heterocycles. The average molecular weight is 269 g/mol.